The van der Waals surface area contributed by atoms with E-state index in [1.165, 1.54) is 10.4 Å². The van der Waals surface area contributed by atoms with Crippen molar-refractivity contribution in [2.24, 2.45) is 4.99 Å². The molecule has 0 fully saturated rings. The fourth-order valence-electron chi connectivity index (χ4n) is 3.59. The zero-order valence-corrected chi connectivity index (χ0v) is 19.7. The number of aryl methyl sites for hydroxylation is 2. The molecule has 1 aliphatic heterocycles. The molecule has 0 aliphatic carbocycles. The third kappa shape index (κ3) is 4.70. The molecule has 1 aliphatic rings. The van der Waals surface area contributed by atoms with Gasteiger partial charge in [-0.3, -0.25) is 4.31 Å². The normalized spacial score (nSPS) is 14.6. The molecule has 0 atom stereocenters. The third-order valence-electron chi connectivity index (χ3n) is 5.27. The van der Waals surface area contributed by atoms with Crippen molar-refractivity contribution in [3.63, 3.8) is 0 Å². The van der Waals surface area contributed by atoms with E-state index in [9.17, 15) is 13.2 Å². The van der Waals surface area contributed by atoms with Crippen LogP contribution in [0.2, 0.25) is 0 Å². The molecule has 7 heteroatoms. The fraction of sp³-hybridized carbons (Fsp3) is 0.111. The molecule has 0 saturated carbocycles. The molecule has 0 N–H and O–H groups in total. The number of cyclic esters (lactones) is 1. The minimum absolute atomic E-state index is 0.0282. The number of benzene rings is 3. The van der Waals surface area contributed by atoms with E-state index in [1.54, 1.807) is 54.6 Å². The van der Waals surface area contributed by atoms with Crippen LogP contribution in [0, 0.1) is 13.8 Å². The Hall–Kier alpha value is -3.97. The Morgan fingerprint density at radius 3 is 2.41 bits per heavy atom. The molecular weight excluding hydrogens is 448 g/mol. The smallest absolute Gasteiger partial charge is 0.363 e. The minimum Gasteiger partial charge on any atom is -0.402 e. The number of hydrogen-bond donors (Lipinski definition) is 0. The number of esters is 1. The topological polar surface area (TPSA) is 76.0 Å². The number of ether oxygens (including phenoxy) is 1. The molecule has 34 heavy (non-hydrogen) atoms. The molecule has 3 aromatic carbocycles. The van der Waals surface area contributed by atoms with Gasteiger partial charge < -0.3 is 4.74 Å². The molecule has 6 nitrogen and oxygen atoms in total. The Balaban J connectivity index is 1.78. The van der Waals surface area contributed by atoms with Crippen molar-refractivity contribution in [2.45, 2.75) is 18.7 Å². The van der Waals surface area contributed by atoms with Gasteiger partial charge in [0.15, 0.2) is 5.70 Å². The number of nitrogens with zero attached hydrogens (tertiary/aromatic N) is 2. The summed E-state index contributed by atoms with van der Waals surface area (Å²) in [4.78, 5) is 17.1. The van der Waals surface area contributed by atoms with E-state index in [0.717, 1.165) is 16.7 Å². The van der Waals surface area contributed by atoms with E-state index in [0.29, 0.717) is 11.3 Å². The summed E-state index contributed by atoms with van der Waals surface area (Å²) in [5.41, 5.74) is 3.70. The van der Waals surface area contributed by atoms with Crippen LogP contribution in [0.5, 0.6) is 0 Å². The highest BCUT2D eigenvalue weighted by Crippen LogP contribution is 2.30. The lowest BCUT2D eigenvalue weighted by atomic mass is 10.1. The number of rotatable bonds is 7. The first-order chi connectivity index (χ1) is 16.3. The summed E-state index contributed by atoms with van der Waals surface area (Å²) in [5.74, 6) is -0.546. The Bertz CT molecular complexity index is 1420. The number of aliphatic imine (C=N–C) groups is 1. The van der Waals surface area contributed by atoms with Gasteiger partial charge >= 0.3 is 5.97 Å². The van der Waals surface area contributed by atoms with Crippen molar-refractivity contribution >= 4 is 33.7 Å². The number of sulfonamides is 1. The van der Waals surface area contributed by atoms with E-state index in [1.807, 2.05) is 38.1 Å². The SMILES string of the molecule is C=CCN(c1ccccc1C1=N/C(=C/c2cccc(C)c2)C(=O)O1)S(=O)(=O)c1ccc(C)cc1. The lowest BCUT2D eigenvalue weighted by Gasteiger charge is -2.25. The average Bonchev–Trinajstić information content (AvgIpc) is 3.17. The maximum Gasteiger partial charge on any atom is 0.363 e. The van der Waals surface area contributed by atoms with Crippen LogP contribution >= 0.6 is 0 Å². The van der Waals surface area contributed by atoms with Crippen molar-refractivity contribution in [1.82, 2.24) is 0 Å². The summed E-state index contributed by atoms with van der Waals surface area (Å²) < 4.78 is 33.7. The Morgan fingerprint density at radius 1 is 0.971 bits per heavy atom. The molecule has 0 unspecified atom stereocenters. The first kappa shape index (κ1) is 23.2. The molecule has 0 amide bonds. The van der Waals surface area contributed by atoms with E-state index < -0.39 is 16.0 Å². The molecule has 4 rings (SSSR count). The average molecular weight is 473 g/mol. The highest BCUT2D eigenvalue weighted by atomic mass is 32.2. The van der Waals surface area contributed by atoms with Gasteiger partial charge in [0.25, 0.3) is 10.0 Å². The molecular formula is C27H24N2O4S. The lowest BCUT2D eigenvalue weighted by molar-refractivity contribution is -0.129. The monoisotopic (exact) mass is 472 g/mol. The highest BCUT2D eigenvalue weighted by molar-refractivity contribution is 7.92. The summed E-state index contributed by atoms with van der Waals surface area (Å²) in [6.45, 7) is 7.60. The maximum atomic E-state index is 13.5. The summed E-state index contributed by atoms with van der Waals surface area (Å²) in [6, 6.07) is 21.1. The second kappa shape index (κ2) is 9.49. The molecule has 172 valence electrons. The van der Waals surface area contributed by atoms with Crippen LogP contribution in [0.3, 0.4) is 0 Å². The Kier molecular flexibility index (Phi) is 6.47. The highest BCUT2D eigenvalue weighted by Gasteiger charge is 2.31. The second-order valence-corrected chi connectivity index (χ2v) is 9.77. The molecule has 0 aromatic heterocycles. The van der Waals surface area contributed by atoms with Crippen molar-refractivity contribution in [3.05, 3.63) is 113 Å². The molecule has 0 saturated heterocycles. The van der Waals surface area contributed by atoms with Crippen molar-refractivity contribution < 1.29 is 17.9 Å². The van der Waals surface area contributed by atoms with Crippen LogP contribution in [0.25, 0.3) is 6.08 Å². The number of para-hydroxylation sites is 1. The largest absolute Gasteiger partial charge is 0.402 e. The molecule has 3 aromatic rings. The number of hydrogen-bond acceptors (Lipinski definition) is 5. The number of carbonyl (C=O) groups excluding carboxylic acids is 1. The first-order valence-electron chi connectivity index (χ1n) is 10.7. The fourth-order valence-corrected chi connectivity index (χ4v) is 5.05. The van der Waals surface area contributed by atoms with Crippen LogP contribution in [0.1, 0.15) is 22.3 Å². The van der Waals surface area contributed by atoms with Gasteiger partial charge in [-0.15, -0.1) is 6.58 Å². The molecule has 1 heterocycles. The van der Waals surface area contributed by atoms with Crippen molar-refractivity contribution in [2.75, 3.05) is 10.8 Å². The summed E-state index contributed by atoms with van der Waals surface area (Å²) in [7, 11) is -3.91. The Labute approximate surface area is 199 Å². The van der Waals surface area contributed by atoms with E-state index in [-0.39, 0.29) is 23.0 Å². The van der Waals surface area contributed by atoms with Crippen molar-refractivity contribution in [1.29, 1.82) is 0 Å². The number of carbonyl (C=O) groups is 1. The minimum atomic E-state index is -3.91. The van der Waals surface area contributed by atoms with Crippen LogP contribution < -0.4 is 4.31 Å². The van der Waals surface area contributed by atoms with Gasteiger partial charge in [0.1, 0.15) is 0 Å². The third-order valence-corrected chi connectivity index (χ3v) is 7.07. The van der Waals surface area contributed by atoms with Crippen LogP contribution in [-0.2, 0) is 19.6 Å². The van der Waals surface area contributed by atoms with Gasteiger partial charge in [-0.05, 0) is 49.8 Å². The van der Waals surface area contributed by atoms with Gasteiger partial charge in [-0.1, -0.05) is 65.7 Å². The van der Waals surface area contributed by atoms with E-state index in [2.05, 4.69) is 11.6 Å². The quantitative estimate of drug-likeness (QED) is 0.275. The molecule has 0 spiro atoms. The Morgan fingerprint density at radius 2 is 1.71 bits per heavy atom. The second-order valence-electron chi connectivity index (χ2n) is 7.91. The van der Waals surface area contributed by atoms with Crippen LogP contribution in [-0.4, -0.2) is 26.8 Å². The summed E-state index contributed by atoms with van der Waals surface area (Å²) in [5, 5.41) is 0. The van der Waals surface area contributed by atoms with Crippen LogP contribution in [0.15, 0.2) is 101 Å². The van der Waals surface area contributed by atoms with E-state index in [4.69, 9.17) is 4.74 Å². The predicted molar refractivity (Wildman–Crippen MR) is 134 cm³/mol. The van der Waals surface area contributed by atoms with E-state index >= 15 is 0 Å². The van der Waals surface area contributed by atoms with Gasteiger partial charge in [0, 0.05) is 0 Å². The first-order valence-corrected chi connectivity index (χ1v) is 12.1. The predicted octanol–water partition coefficient (Wildman–Crippen LogP) is 5.03. The van der Waals surface area contributed by atoms with Crippen molar-refractivity contribution in [3.8, 4) is 0 Å². The maximum absolute atomic E-state index is 13.5. The van der Waals surface area contributed by atoms with Gasteiger partial charge in [0.05, 0.1) is 22.7 Å². The number of anilines is 1. The summed E-state index contributed by atoms with van der Waals surface area (Å²) in [6.07, 6.45) is 3.16. The van der Waals surface area contributed by atoms with Gasteiger partial charge in [-0.25, -0.2) is 18.2 Å². The zero-order chi connectivity index (χ0) is 24.3. The van der Waals surface area contributed by atoms with Gasteiger partial charge in [0.2, 0.25) is 5.90 Å². The standard InChI is InChI=1S/C27H24N2O4S/c1-4-16-29(34(31,32)22-14-12-19(2)13-15-22)25-11-6-5-10-23(25)26-28-24(27(30)33-26)18-21-9-7-8-20(3)17-21/h4-15,17-18H,1,16H2,2-3H3/b24-18+. The zero-order valence-electron chi connectivity index (χ0n) is 18.9. The lowest BCUT2D eigenvalue weighted by Crippen LogP contribution is -2.32. The molecule has 0 bridgehead atoms. The van der Waals surface area contributed by atoms with Crippen LogP contribution in [0.4, 0.5) is 5.69 Å². The summed E-state index contributed by atoms with van der Waals surface area (Å²) >= 11 is 0. The van der Waals surface area contributed by atoms with Gasteiger partial charge in [-0.2, -0.15) is 0 Å². The molecule has 0 radical (unpaired) electrons.